The molecule has 3 rings (SSSR count). The maximum absolute atomic E-state index is 13.3. The largest absolute Gasteiger partial charge is 0.497 e. The minimum atomic E-state index is -0.352. The first-order chi connectivity index (χ1) is 13.6. The minimum Gasteiger partial charge on any atom is -0.497 e. The fraction of sp³-hybridized carbons (Fsp3) is 0.458. The molecule has 0 aliphatic heterocycles. The molecule has 1 N–H and O–H groups in total. The number of benzene rings is 2. The minimum absolute atomic E-state index is 0.0862. The van der Waals surface area contributed by atoms with E-state index in [-0.39, 0.29) is 17.9 Å². The number of hydrogen-bond acceptors (Lipinski definition) is 3. The van der Waals surface area contributed by atoms with Gasteiger partial charge in [-0.3, -0.25) is 4.79 Å². The number of methoxy groups -OCH3 is 1. The molecule has 1 amide bonds. The van der Waals surface area contributed by atoms with Crippen molar-refractivity contribution in [1.29, 1.82) is 0 Å². The number of rotatable bonds is 7. The van der Waals surface area contributed by atoms with E-state index in [0.29, 0.717) is 19.5 Å². The van der Waals surface area contributed by atoms with E-state index in [4.69, 9.17) is 4.74 Å². The third-order valence-corrected chi connectivity index (χ3v) is 5.64. The van der Waals surface area contributed by atoms with Gasteiger partial charge in [0, 0.05) is 19.0 Å². The predicted octanol–water partition coefficient (Wildman–Crippen LogP) is 4.34. The summed E-state index contributed by atoms with van der Waals surface area (Å²) in [6, 6.07) is 16.4. The fourth-order valence-corrected chi connectivity index (χ4v) is 3.91. The molecule has 2 aromatic carbocycles. The van der Waals surface area contributed by atoms with E-state index in [1.165, 1.54) is 5.56 Å². The first kappa shape index (κ1) is 20.4. The van der Waals surface area contributed by atoms with E-state index in [1.807, 2.05) is 29.2 Å². The monoisotopic (exact) mass is 381 g/mol. The Morgan fingerprint density at radius 2 is 1.57 bits per heavy atom. The van der Waals surface area contributed by atoms with Crippen molar-refractivity contribution in [2.24, 2.45) is 5.92 Å². The number of nitrogens with zero attached hydrogens (tertiary/aromatic N) is 1. The zero-order valence-electron chi connectivity index (χ0n) is 16.9. The van der Waals surface area contributed by atoms with Gasteiger partial charge in [-0.1, -0.05) is 49.7 Å². The van der Waals surface area contributed by atoms with Gasteiger partial charge >= 0.3 is 0 Å². The summed E-state index contributed by atoms with van der Waals surface area (Å²) in [6.07, 6.45) is 3.82. The maximum atomic E-state index is 13.3. The van der Waals surface area contributed by atoms with Crippen LogP contribution in [0.5, 0.6) is 5.75 Å². The third-order valence-electron chi connectivity index (χ3n) is 5.64. The number of carbonyl (C=O) groups is 1. The molecule has 1 aliphatic carbocycles. The molecule has 0 heterocycles. The van der Waals surface area contributed by atoms with E-state index in [9.17, 15) is 9.90 Å². The molecule has 0 bridgehead atoms. The van der Waals surface area contributed by atoms with Gasteiger partial charge in [-0.2, -0.15) is 0 Å². The van der Waals surface area contributed by atoms with E-state index in [1.54, 1.807) is 7.11 Å². The third kappa shape index (κ3) is 5.35. The van der Waals surface area contributed by atoms with Gasteiger partial charge in [0.15, 0.2) is 0 Å². The number of amides is 1. The molecule has 2 aromatic rings. The Bertz CT molecular complexity index is 705. The topological polar surface area (TPSA) is 49.8 Å². The van der Waals surface area contributed by atoms with Crippen LogP contribution in [0.4, 0.5) is 0 Å². The summed E-state index contributed by atoms with van der Waals surface area (Å²) < 4.78 is 5.24. The van der Waals surface area contributed by atoms with Crippen LogP contribution in [0.25, 0.3) is 0 Å². The molecule has 4 heteroatoms. The number of hydrogen-bond donors (Lipinski definition) is 1. The van der Waals surface area contributed by atoms with Gasteiger partial charge in [-0.15, -0.1) is 0 Å². The Balaban J connectivity index is 1.77. The highest BCUT2D eigenvalue weighted by molar-refractivity contribution is 5.79. The maximum Gasteiger partial charge on any atom is 0.226 e. The summed E-state index contributed by atoms with van der Waals surface area (Å²) in [5.41, 5.74) is 3.51. The van der Waals surface area contributed by atoms with Crippen LogP contribution in [0.3, 0.4) is 0 Å². The Hall–Kier alpha value is -2.33. The van der Waals surface area contributed by atoms with Crippen LogP contribution < -0.4 is 4.74 Å². The molecule has 1 saturated carbocycles. The molecule has 0 aromatic heterocycles. The highest BCUT2D eigenvalue weighted by atomic mass is 16.5. The van der Waals surface area contributed by atoms with Gasteiger partial charge in [0.2, 0.25) is 5.91 Å². The molecule has 0 unspecified atom stereocenters. The summed E-state index contributed by atoms with van der Waals surface area (Å²) in [6.45, 7) is 3.29. The summed E-state index contributed by atoms with van der Waals surface area (Å²) >= 11 is 0. The van der Waals surface area contributed by atoms with Crippen molar-refractivity contribution in [2.75, 3.05) is 7.11 Å². The van der Waals surface area contributed by atoms with Gasteiger partial charge in [0.1, 0.15) is 5.75 Å². The van der Waals surface area contributed by atoms with Crippen molar-refractivity contribution in [3.05, 3.63) is 65.2 Å². The van der Waals surface area contributed by atoms with Crippen molar-refractivity contribution in [2.45, 2.75) is 58.2 Å². The van der Waals surface area contributed by atoms with Crippen LogP contribution in [0.15, 0.2) is 48.5 Å². The highest BCUT2D eigenvalue weighted by Gasteiger charge is 2.29. The average Bonchev–Trinajstić information content (AvgIpc) is 2.74. The zero-order chi connectivity index (χ0) is 19.9. The zero-order valence-corrected chi connectivity index (χ0v) is 16.9. The molecule has 0 radical (unpaired) electrons. The van der Waals surface area contributed by atoms with Gasteiger partial charge < -0.3 is 14.7 Å². The number of aliphatic hydroxyl groups is 1. The Labute approximate surface area is 168 Å². The van der Waals surface area contributed by atoms with Gasteiger partial charge in [-0.25, -0.2) is 0 Å². The Morgan fingerprint density at radius 1 is 1.00 bits per heavy atom. The molecule has 1 aliphatic rings. The number of carbonyl (C=O) groups excluding carboxylic acids is 1. The van der Waals surface area contributed by atoms with Crippen LogP contribution in [0.1, 0.15) is 49.3 Å². The van der Waals surface area contributed by atoms with E-state index >= 15 is 0 Å². The lowest BCUT2D eigenvalue weighted by Crippen LogP contribution is -2.38. The Kier molecular flexibility index (Phi) is 7.10. The average molecular weight is 382 g/mol. The summed E-state index contributed by atoms with van der Waals surface area (Å²) in [5, 5.41) is 10.0. The standard InChI is InChI=1S/C24H31NO3/c1-3-18-7-9-19(10-8-18)16-25(17-20-11-13-23(28-2)14-12-20)24(27)21-5-4-6-22(26)15-21/h7-14,21-22,26H,3-6,15-17H2,1-2H3/t21-,22-/m1/s1. The molecule has 0 spiro atoms. The van der Waals surface area contributed by atoms with Gasteiger partial charge in [-0.05, 0) is 54.5 Å². The first-order valence-corrected chi connectivity index (χ1v) is 10.3. The number of aryl methyl sites for hydroxylation is 1. The van der Waals surface area contributed by atoms with E-state index < -0.39 is 0 Å². The second kappa shape index (κ2) is 9.74. The van der Waals surface area contributed by atoms with Crippen molar-refractivity contribution in [1.82, 2.24) is 4.90 Å². The number of ether oxygens (including phenoxy) is 1. The molecule has 150 valence electrons. The SMILES string of the molecule is CCc1ccc(CN(Cc2ccc(OC)cc2)C(=O)[C@@H]2CCC[C@@H](O)C2)cc1. The second-order valence-corrected chi connectivity index (χ2v) is 7.73. The lowest BCUT2D eigenvalue weighted by Gasteiger charge is -2.31. The smallest absolute Gasteiger partial charge is 0.226 e. The van der Waals surface area contributed by atoms with Crippen molar-refractivity contribution >= 4 is 5.91 Å². The normalized spacial score (nSPS) is 19.2. The van der Waals surface area contributed by atoms with Crippen molar-refractivity contribution in [3.63, 3.8) is 0 Å². The van der Waals surface area contributed by atoms with Crippen molar-refractivity contribution < 1.29 is 14.6 Å². The molecule has 1 fully saturated rings. The Morgan fingerprint density at radius 3 is 2.11 bits per heavy atom. The van der Waals surface area contributed by atoms with Crippen LogP contribution >= 0.6 is 0 Å². The summed E-state index contributed by atoms with van der Waals surface area (Å²) in [7, 11) is 1.65. The fourth-order valence-electron chi connectivity index (χ4n) is 3.91. The van der Waals surface area contributed by atoms with E-state index in [0.717, 1.165) is 42.6 Å². The van der Waals surface area contributed by atoms with Crippen LogP contribution in [0, 0.1) is 5.92 Å². The molecule has 4 nitrogen and oxygen atoms in total. The quantitative estimate of drug-likeness (QED) is 0.776. The molecular formula is C24H31NO3. The van der Waals surface area contributed by atoms with Gasteiger partial charge in [0.05, 0.1) is 13.2 Å². The summed E-state index contributed by atoms with van der Waals surface area (Å²) in [5.74, 6) is 0.873. The lowest BCUT2D eigenvalue weighted by atomic mass is 9.86. The molecule has 2 atom stereocenters. The van der Waals surface area contributed by atoms with Crippen LogP contribution in [0.2, 0.25) is 0 Å². The number of aliphatic hydroxyl groups excluding tert-OH is 1. The molecule has 0 saturated heterocycles. The van der Waals surface area contributed by atoms with Crippen LogP contribution in [-0.2, 0) is 24.3 Å². The molecule has 28 heavy (non-hydrogen) atoms. The lowest BCUT2D eigenvalue weighted by molar-refractivity contribution is -0.139. The summed E-state index contributed by atoms with van der Waals surface area (Å²) in [4.78, 5) is 15.2. The van der Waals surface area contributed by atoms with Gasteiger partial charge in [0.25, 0.3) is 0 Å². The second-order valence-electron chi connectivity index (χ2n) is 7.73. The molecular weight excluding hydrogens is 350 g/mol. The first-order valence-electron chi connectivity index (χ1n) is 10.3. The van der Waals surface area contributed by atoms with Crippen LogP contribution in [-0.4, -0.2) is 29.1 Å². The van der Waals surface area contributed by atoms with Crippen molar-refractivity contribution in [3.8, 4) is 5.75 Å². The predicted molar refractivity (Wildman–Crippen MR) is 111 cm³/mol. The highest BCUT2D eigenvalue weighted by Crippen LogP contribution is 2.27. The van der Waals surface area contributed by atoms with E-state index in [2.05, 4.69) is 31.2 Å².